The van der Waals surface area contributed by atoms with Crippen LogP contribution >= 0.6 is 0 Å². The van der Waals surface area contributed by atoms with Crippen LogP contribution in [0, 0.1) is 0 Å². The number of hydrogen-bond acceptors (Lipinski definition) is 5. The molecular weight excluding hydrogens is 454 g/mol. The summed E-state index contributed by atoms with van der Waals surface area (Å²) in [5.41, 5.74) is 0.441. The van der Waals surface area contributed by atoms with Crippen LogP contribution in [-0.2, 0) is 6.42 Å². The molecule has 0 aliphatic carbocycles. The van der Waals surface area contributed by atoms with E-state index in [2.05, 4.69) is 52.9 Å². The second-order valence-corrected chi connectivity index (χ2v) is 10.4. The number of nitrogens with one attached hydrogen (secondary N) is 1. The Bertz CT molecular complexity index is 1240. The Labute approximate surface area is 214 Å². The summed E-state index contributed by atoms with van der Waals surface area (Å²) in [5, 5.41) is 3.57. The number of hydrogen-bond donors (Lipinski definition) is 1. The van der Waals surface area contributed by atoms with Crippen LogP contribution in [0.15, 0.2) is 57.7 Å². The van der Waals surface area contributed by atoms with Gasteiger partial charge in [-0.15, -0.1) is 0 Å². The van der Waals surface area contributed by atoms with Crippen molar-refractivity contribution >= 4 is 16.9 Å². The molecule has 0 saturated carbocycles. The number of carbonyl (C=O) groups excluding carboxylic acids is 1. The van der Waals surface area contributed by atoms with Gasteiger partial charge in [0.05, 0.1) is 0 Å². The number of rotatable bonds is 12. The van der Waals surface area contributed by atoms with Crippen LogP contribution < -0.4 is 20.4 Å². The first-order valence-electron chi connectivity index (χ1n) is 12.9. The van der Waals surface area contributed by atoms with Crippen LogP contribution in [0.5, 0.6) is 11.5 Å². The van der Waals surface area contributed by atoms with Gasteiger partial charge in [0, 0.05) is 18.0 Å². The molecule has 1 N–H and O–H groups in total. The van der Waals surface area contributed by atoms with Gasteiger partial charge >= 0.3 is 5.63 Å². The maximum Gasteiger partial charge on any atom is 0.349 e. The SMILES string of the molecule is CCC(C)(C)Oc1ccc(CCCCNC(=O)c2cc3ccccc3oc2=O)c(OC(C)(C)CC)c1. The van der Waals surface area contributed by atoms with Crippen molar-refractivity contribution in [1.82, 2.24) is 5.32 Å². The number of aryl methyl sites for hydroxylation is 1. The first-order chi connectivity index (χ1) is 17.0. The molecule has 0 unspecified atom stereocenters. The predicted molar refractivity (Wildman–Crippen MR) is 144 cm³/mol. The smallest absolute Gasteiger partial charge is 0.349 e. The van der Waals surface area contributed by atoms with Gasteiger partial charge in [0.25, 0.3) is 5.91 Å². The Morgan fingerprint density at radius 1 is 0.917 bits per heavy atom. The lowest BCUT2D eigenvalue weighted by molar-refractivity contribution is 0.0940. The highest BCUT2D eigenvalue weighted by Gasteiger charge is 2.22. The molecule has 6 nitrogen and oxygen atoms in total. The summed E-state index contributed by atoms with van der Waals surface area (Å²) in [4.78, 5) is 24.8. The fourth-order valence-electron chi connectivity index (χ4n) is 3.62. The van der Waals surface area contributed by atoms with Crippen LogP contribution in [0.4, 0.5) is 0 Å². The van der Waals surface area contributed by atoms with E-state index in [-0.39, 0.29) is 16.8 Å². The third-order valence-electron chi connectivity index (χ3n) is 6.57. The van der Waals surface area contributed by atoms with Crippen molar-refractivity contribution in [2.45, 2.75) is 84.8 Å². The zero-order valence-electron chi connectivity index (χ0n) is 22.4. The zero-order chi connectivity index (χ0) is 26.3. The van der Waals surface area contributed by atoms with Crippen molar-refractivity contribution in [2.75, 3.05) is 6.54 Å². The Balaban J connectivity index is 1.60. The number of para-hydroxylation sites is 1. The summed E-state index contributed by atoms with van der Waals surface area (Å²) in [6.07, 6.45) is 4.21. The lowest BCUT2D eigenvalue weighted by Gasteiger charge is -2.29. The van der Waals surface area contributed by atoms with Crippen molar-refractivity contribution in [2.24, 2.45) is 0 Å². The van der Waals surface area contributed by atoms with Crippen LogP contribution in [0.1, 0.15) is 83.1 Å². The van der Waals surface area contributed by atoms with Crippen molar-refractivity contribution in [1.29, 1.82) is 0 Å². The maximum absolute atomic E-state index is 12.6. The molecule has 36 heavy (non-hydrogen) atoms. The summed E-state index contributed by atoms with van der Waals surface area (Å²) in [7, 11) is 0. The average molecular weight is 494 g/mol. The lowest BCUT2D eigenvalue weighted by Crippen LogP contribution is -2.29. The van der Waals surface area contributed by atoms with Gasteiger partial charge in [0.2, 0.25) is 0 Å². The van der Waals surface area contributed by atoms with E-state index in [1.807, 2.05) is 24.3 Å². The fraction of sp³-hybridized carbons (Fsp3) is 0.467. The third-order valence-corrected chi connectivity index (χ3v) is 6.57. The molecule has 6 heteroatoms. The Kier molecular flexibility index (Phi) is 8.83. The molecule has 0 atom stereocenters. The van der Waals surface area contributed by atoms with E-state index in [9.17, 15) is 9.59 Å². The van der Waals surface area contributed by atoms with Crippen LogP contribution in [-0.4, -0.2) is 23.7 Å². The van der Waals surface area contributed by atoms with Crippen molar-refractivity contribution < 1.29 is 18.7 Å². The predicted octanol–water partition coefficient (Wildman–Crippen LogP) is 6.68. The summed E-state index contributed by atoms with van der Waals surface area (Å²) >= 11 is 0. The van der Waals surface area contributed by atoms with Gasteiger partial charge in [0.1, 0.15) is 33.8 Å². The van der Waals surface area contributed by atoms with E-state index in [0.717, 1.165) is 54.6 Å². The molecule has 0 spiro atoms. The van der Waals surface area contributed by atoms with Gasteiger partial charge in [-0.05, 0) is 83.6 Å². The number of unbranched alkanes of at least 4 members (excludes halogenated alkanes) is 1. The number of ether oxygens (including phenoxy) is 2. The summed E-state index contributed by atoms with van der Waals surface area (Å²) < 4.78 is 17.8. The second-order valence-electron chi connectivity index (χ2n) is 10.4. The van der Waals surface area contributed by atoms with E-state index < -0.39 is 11.5 Å². The van der Waals surface area contributed by atoms with E-state index >= 15 is 0 Å². The van der Waals surface area contributed by atoms with Gasteiger partial charge in [-0.25, -0.2) is 4.79 Å². The molecule has 0 fully saturated rings. The molecule has 1 amide bonds. The van der Waals surface area contributed by atoms with Crippen LogP contribution in [0.2, 0.25) is 0 Å². The van der Waals surface area contributed by atoms with Gasteiger partial charge in [0.15, 0.2) is 0 Å². The summed E-state index contributed by atoms with van der Waals surface area (Å²) in [6, 6.07) is 14.8. The van der Waals surface area contributed by atoms with Gasteiger partial charge in [-0.2, -0.15) is 0 Å². The largest absolute Gasteiger partial charge is 0.488 e. The Morgan fingerprint density at radius 2 is 1.61 bits per heavy atom. The van der Waals surface area contributed by atoms with Crippen molar-refractivity contribution in [3.63, 3.8) is 0 Å². The highest BCUT2D eigenvalue weighted by molar-refractivity contribution is 5.96. The fourth-order valence-corrected chi connectivity index (χ4v) is 3.62. The maximum atomic E-state index is 12.6. The van der Waals surface area contributed by atoms with E-state index in [1.165, 1.54) is 0 Å². The molecule has 0 aliphatic heterocycles. The second kappa shape index (κ2) is 11.6. The summed E-state index contributed by atoms with van der Waals surface area (Å²) in [6.45, 7) is 13.0. The van der Waals surface area contributed by atoms with Gasteiger partial charge in [-0.1, -0.05) is 38.1 Å². The number of benzene rings is 2. The molecule has 0 aliphatic rings. The molecule has 3 aromatic rings. The zero-order valence-corrected chi connectivity index (χ0v) is 22.4. The van der Waals surface area contributed by atoms with Crippen LogP contribution in [0.3, 0.4) is 0 Å². The molecule has 0 saturated heterocycles. The third kappa shape index (κ3) is 7.36. The molecule has 1 aromatic heterocycles. The average Bonchev–Trinajstić information content (AvgIpc) is 2.84. The molecule has 2 aromatic carbocycles. The normalized spacial score (nSPS) is 11.9. The van der Waals surface area contributed by atoms with Crippen LogP contribution in [0.25, 0.3) is 11.0 Å². The first-order valence-corrected chi connectivity index (χ1v) is 12.9. The van der Waals surface area contributed by atoms with E-state index in [1.54, 1.807) is 18.2 Å². The molecule has 3 rings (SSSR count). The number of fused-ring (bicyclic) bond motifs is 1. The minimum Gasteiger partial charge on any atom is -0.488 e. The summed E-state index contributed by atoms with van der Waals surface area (Å²) in [5.74, 6) is 1.22. The Hall–Kier alpha value is -3.28. The molecular formula is C30H39NO5. The van der Waals surface area contributed by atoms with E-state index in [4.69, 9.17) is 13.9 Å². The molecule has 1 heterocycles. The van der Waals surface area contributed by atoms with Gasteiger partial charge in [-0.3, -0.25) is 4.79 Å². The lowest BCUT2D eigenvalue weighted by atomic mass is 10.0. The minimum absolute atomic E-state index is 0.0248. The monoisotopic (exact) mass is 493 g/mol. The minimum atomic E-state index is -0.625. The first kappa shape index (κ1) is 27.3. The highest BCUT2D eigenvalue weighted by Crippen LogP contribution is 2.32. The quantitative estimate of drug-likeness (QED) is 0.225. The molecule has 0 radical (unpaired) electrons. The van der Waals surface area contributed by atoms with Crippen molar-refractivity contribution in [3.8, 4) is 11.5 Å². The van der Waals surface area contributed by atoms with Crippen molar-refractivity contribution in [3.05, 3.63) is 70.1 Å². The molecule has 0 bridgehead atoms. The van der Waals surface area contributed by atoms with E-state index in [0.29, 0.717) is 12.1 Å². The Morgan fingerprint density at radius 3 is 2.33 bits per heavy atom. The molecule has 194 valence electrons. The van der Waals surface area contributed by atoms with Gasteiger partial charge < -0.3 is 19.2 Å². The highest BCUT2D eigenvalue weighted by atomic mass is 16.5. The standard InChI is InChI=1S/C30H39NO5/c1-7-29(3,4)35-23-17-16-21(26(20-23)36-30(5,6)8-2)13-11-12-18-31-27(32)24-19-22-14-9-10-15-25(22)34-28(24)33/h9-10,14-17,19-20H,7-8,11-13,18H2,1-6H3,(H,31,32). The number of amides is 1. The number of carbonyl (C=O) groups is 1. The topological polar surface area (TPSA) is 77.8 Å².